The molecule has 1 saturated carbocycles. The molecule has 0 radical (unpaired) electrons. The Labute approximate surface area is 117 Å². The normalized spacial score (nSPS) is 16.3. The summed E-state index contributed by atoms with van der Waals surface area (Å²) in [6, 6.07) is 9.58. The van der Waals surface area contributed by atoms with Crippen LogP contribution >= 0.6 is 23.2 Å². The lowest BCUT2D eigenvalue weighted by atomic mass is 10.1. The van der Waals surface area contributed by atoms with Crippen molar-refractivity contribution in [1.82, 2.24) is 9.78 Å². The fraction of sp³-hybridized carbons (Fsp3) is 0.357. The molecule has 94 valence electrons. The summed E-state index contributed by atoms with van der Waals surface area (Å²) in [5.74, 6) is 0.572. The zero-order chi connectivity index (χ0) is 12.5. The molecule has 2 nitrogen and oxygen atoms in total. The molecular weight excluding hydrogens is 267 g/mol. The Morgan fingerprint density at radius 2 is 1.89 bits per heavy atom. The molecule has 1 aromatic heterocycles. The third-order valence-electron chi connectivity index (χ3n) is 3.51. The van der Waals surface area contributed by atoms with Gasteiger partial charge in [0.25, 0.3) is 0 Å². The van der Waals surface area contributed by atoms with Crippen molar-refractivity contribution in [2.75, 3.05) is 0 Å². The molecule has 1 fully saturated rings. The zero-order valence-corrected chi connectivity index (χ0v) is 11.5. The first-order valence-corrected chi connectivity index (χ1v) is 7.01. The van der Waals surface area contributed by atoms with Gasteiger partial charge in [-0.1, -0.05) is 42.1 Å². The van der Waals surface area contributed by atoms with Gasteiger partial charge in [-0.3, -0.25) is 0 Å². The predicted molar refractivity (Wildman–Crippen MR) is 74.8 cm³/mol. The standard InChI is InChI=1S/C14H14Cl2N2/c15-11-6-3-7-12(8-11)18-14(16)9-13(17-18)10-4-1-2-5-10/h3,6-10H,1-2,4-5H2. The summed E-state index contributed by atoms with van der Waals surface area (Å²) >= 11 is 12.3. The van der Waals surface area contributed by atoms with Gasteiger partial charge in [0.05, 0.1) is 11.4 Å². The summed E-state index contributed by atoms with van der Waals surface area (Å²) in [6.45, 7) is 0. The number of rotatable bonds is 2. The van der Waals surface area contributed by atoms with E-state index in [0.717, 1.165) is 11.4 Å². The Bertz CT molecular complexity index is 557. The molecule has 0 N–H and O–H groups in total. The average molecular weight is 281 g/mol. The molecule has 2 aromatic rings. The fourth-order valence-corrected chi connectivity index (χ4v) is 3.02. The minimum Gasteiger partial charge on any atom is -0.222 e. The third kappa shape index (κ3) is 2.27. The highest BCUT2D eigenvalue weighted by molar-refractivity contribution is 6.31. The third-order valence-corrected chi connectivity index (χ3v) is 4.02. The van der Waals surface area contributed by atoms with E-state index in [1.165, 1.54) is 25.7 Å². The van der Waals surface area contributed by atoms with Gasteiger partial charge in [-0.05, 0) is 37.1 Å². The van der Waals surface area contributed by atoms with E-state index in [2.05, 4.69) is 5.10 Å². The van der Waals surface area contributed by atoms with Crippen LogP contribution in [0.1, 0.15) is 37.3 Å². The molecule has 0 unspecified atom stereocenters. The van der Waals surface area contributed by atoms with Crippen LogP contribution in [0.3, 0.4) is 0 Å². The van der Waals surface area contributed by atoms with Crippen LogP contribution in [-0.4, -0.2) is 9.78 Å². The van der Waals surface area contributed by atoms with Gasteiger partial charge in [0.2, 0.25) is 0 Å². The van der Waals surface area contributed by atoms with Crippen molar-refractivity contribution < 1.29 is 0 Å². The molecule has 0 spiro atoms. The van der Waals surface area contributed by atoms with E-state index in [9.17, 15) is 0 Å². The van der Waals surface area contributed by atoms with Gasteiger partial charge in [-0.15, -0.1) is 0 Å². The summed E-state index contributed by atoms with van der Waals surface area (Å²) in [4.78, 5) is 0. The van der Waals surface area contributed by atoms with E-state index in [0.29, 0.717) is 16.1 Å². The summed E-state index contributed by atoms with van der Waals surface area (Å²) in [6.07, 6.45) is 5.05. The second-order valence-electron chi connectivity index (χ2n) is 4.76. The minimum atomic E-state index is 0.572. The smallest absolute Gasteiger partial charge is 0.133 e. The Morgan fingerprint density at radius 1 is 1.11 bits per heavy atom. The lowest BCUT2D eigenvalue weighted by Gasteiger charge is -2.05. The van der Waals surface area contributed by atoms with Gasteiger partial charge in [0.15, 0.2) is 0 Å². The van der Waals surface area contributed by atoms with Gasteiger partial charge in [0.1, 0.15) is 5.15 Å². The van der Waals surface area contributed by atoms with Crippen LogP contribution in [0, 0.1) is 0 Å². The highest BCUT2D eigenvalue weighted by Crippen LogP contribution is 2.34. The molecule has 0 atom stereocenters. The molecule has 1 aliphatic rings. The Kier molecular flexibility index (Phi) is 3.31. The lowest BCUT2D eigenvalue weighted by Crippen LogP contribution is -1.99. The molecule has 0 saturated heterocycles. The fourth-order valence-electron chi connectivity index (χ4n) is 2.59. The van der Waals surface area contributed by atoms with Crippen LogP contribution < -0.4 is 0 Å². The molecule has 1 aliphatic carbocycles. The molecule has 0 aliphatic heterocycles. The van der Waals surface area contributed by atoms with Crippen molar-refractivity contribution in [3.63, 3.8) is 0 Å². The van der Waals surface area contributed by atoms with Crippen molar-refractivity contribution in [3.8, 4) is 5.69 Å². The topological polar surface area (TPSA) is 17.8 Å². The average Bonchev–Trinajstić information content (AvgIpc) is 2.97. The molecule has 0 amide bonds. The summed E-state index contributed by atoms with van der Waals surface area (Å²) in [5.41, 5.74) is 2.02. The van der Waals surface area contributed by atoms with E-state index in [1.54, 1.807) is 4.68 Å². The summed E-state index contributed by atoms with van der Waals surface area (Å²) in [7, 11) is 0. The lowest BCUT2D eigenvalue weighted by molar-refractivity contribution is 0.679. The maximum absolute atomic E-state index is 6.27. The predicted octanol–water partition coefficient (Wildman–Crippen LogP) is 4.84. The molecule has 1 aromatic carbocycles. The van der Waals surface area contributed by atoms with Crippen LogP contribution in [0.25, 0.3) is 5.69 Å². The van der Waals surface area contributed by atoms with Crippen molar-refractivity contribution >= 4 is 23.2 Å². The number of hydrogen-bond donors (Lipinski definition) is 0. The van der Waals surface area contributed by atoms with Crippen LogP contribution in [-0.2, 0) is 0 Å². The van der Waals surface area contributed by atoms with Gasteiger partial charge in [0, 0.05) is 10.9 Å². The zero-order valence-electron chi connectivity index (χ0n) is 9.94. The SMILES string of the molecule is Clc1cccc(-n2nc(C3CCCC3)cc2Cl)c1. The van der Waals surface area contributed by atoms with Crippen molar-refractivity contribution in [1.29, 1.82) is 0 Å². The molecule has 0 bridgehead atoms. The monoisotopic (exact) mass is 280 g/mol. The van der Waals surface area contributed by atoms with E-state index in [4.69, 9.17) is 23.2 Å². The quantitative estimate of drug-likeness (QED) is 0.770. The molecule has 3 rings (SSSR count). The Hall–Kier alpha value is -0.990. The summed E-state index contributed by atoms with van der Waals surface area (Å²) < 4.78 is 1.76. The molecule has 1 heterocycles. The van der Waals surface area contributed by atoms with Gasteiger partial charge in [-0.25, -0.2) is 4.68 Å². The Morgan fingerprint density at radius 3 is 2.61 bits per heavy atom. The van der Waals surface area contributed by atoms with Gasteiger partial charge in [-0.2, -0.15) is 5.10 Å². The summed E-state index contributed by atoms with van der Waals surface area (Å²) in [5, 5.41) is 5.98. The first-order valence-electron chi connectivity index (χ1n) is 6.25. The molecule has 4 heteroatoms. The first kappa shape index (κ1) is 12.1. The largest absolute Gasteiger partial charge is 0.222 e. The van der Waals surface area contributed by atoms with Crippen LogP contribution in [0.4, 0.5) is 0 Å². The number of halogens is 2. The van der Waals surface area contributed by atoms with E-state index in [-0.39, 0.29) is 0 Å². The minimum absolute atomic E-state index is 0.572. The number of hydrogen-bond acceptors (Lipinski definition) is 1. The highest BCUT2D eigenvalue weighted by Gasteiger charge is 2.21. The highest BCUT2D eigenvalue weighted by atomic mass is 35.5. The number of aromatic nitrogens is 2. The van der Waals surface area contributed by atoms with Crippen molar-refractivity contribution in [2.45, 2.75) is 31.6 Å². The van der Waals surface area contributed by atoms with Crippen LogP contribution in [0.15, 0.2) is 30.3 Å². The van der Waals surface area contributed by atoms with Crippen LogP contribution in [0.5, 0.6) is 0 Å². The van der Waals surface area contributed by atoms with E-state index >= 15 is 0 Å². The van der Waals surface area contributed by atoms with E-state index < -0.39 is 0 Å². The number of nitrogens with zero attached hydrogens (tertiary/aromatic N) is 2. The first-order chi connectivity index (χ1) is 8.74. The second kappa shape index (κ2) is 4.94. The van der Waals surface area contributed by atoms with Gasteiger partial charge >= 0.3 is 0 Å². The van der Waals surface area contributed by atoms with Crippen molar-refractivity contribution in [2.24, 2.45) is 0 Å². The van der Waals surface area contributed by atoms with Crippen LogP contribution in [0.2, 0.25) is 10.2 Å². The number of benzene rings is 1. The second-order valence-corrected chi connectivity index (χ2v) is 5.59. The maximum atomic E-state index is 6.27. The molecular formula is C14H14Cl2N2. The molecule has 18 heavy (non-hydrogen) atoms. The van der Waals surface area contributed by atoms with Gasteiger partial charge < -0.3 is 0 Å². The maximum Gasteiger partial charge on any atom is 0.133 e. The van der Waals surface area contributed by atoms with E-state index in [1.807, 2.05) is 30.3 Å². The Balaban J connectivity index is 1.97. The van der Waals surface area contributed by atoms with Crippen molar-refractivity contribution in [3.05, 3.63) is 46.2 Å².